The van der Waals surface area contributed by atoms with E-state index in [1.165, 1.54) is 12.2 Å². The van der Waals surface area contributed by atoms with Gasteiger partial charge < -0.3 is 10.6 Å². The van der Waals surface area contributed by atoms with Crippen LogP contribution in [0.3, 0.4) is 0 Å². The van der Waals surface area contributed by atoms with Crippen molar-refractivity contribution in [3.05, 3.63) is 28.8 Å². The molecule has 1 heterocycles. The first kappa shape index (κ1) is 13.6. The van der Waals surface area contributed by atoms with Crippen molar-refractivity contribution in [3.8, 4) is 0 Å². The van der Waals surface area contributed by atoms with Gasteiger partial charge in [-0.25, -0.2) is 0 Å². The van der Waals surface area contributed by atoms with Gasteiger partial charge in [-0.05, 0) is 42.0 Å². The fourth-order valence-electron chi connectivity index (χ4n) is 2.00. The largest absolute Gasteiger partial charge is 0.387 e. The fraction of sp³-hybridized carbons (Fsp3) is 0.462. The average Bonchev–Trinajstić information content (AvgIpc) is 2.89. The summed E-state index contributed by atoms with van der Waals surface area (Å²) in [6.07, 6.45) is 1.19. The van der Waals surface area contributed by atoms with Gasteiger partial charge in [-0.3, -0.25) is 4.79 Å². The monoisotopic (exact) mass is 284 g/mol. The minimum atomic E-state index is -0.0567. The molecule has 0 aliphatic carbocycles. The fourth-order valence-corrected chi connectivity index (χ4v) is 3.46. The van der Waals surface area contributed by atoms with Crippen LogP contribution in [-0.4, -0.2) is 31.0 Å². The number of hydrogen-bond donors (Lipinski definition) is 2. The standard InChI is InChI=1S/C13H17ClN2OS/c1-15-12-3-2-10(14)6-11(12)13(17)16-7-9-4-5-18-8-9/h2-3,6,9,15H,4-5,7-8H2,1H3,(H,16,17). The van der Waals surface area contributed by atoms with Crippen LogP contribution in [0.1, 0.15) is 16.8 Å². The SMILES string of the molecule is CNc1ccc(Cl)cc1C(=O)NCC1CCSC1. The molecule has 1 aliphatic heterocycles. The van der Waals surface area contributed by atoms with Crippen molar-refractivity contribution in [2.45, 2.75) is 6.42 Å². The summed E-state index contributed by atoms with van der Waals surface area (Å²) in [6, 6.07) is 5.30. The highest BCUT2D eigenvalue weighted by molar-refractivity contribution is 7.99. The Bertz CT molecular complexity index is 433. The Morgan fingerprint density at radius 3 is 3.06 bits per heavy atom. The zero-order valence-corrected chi connectivity index (χ0v) is 11.9. The van der Waals surface area contributed by atoms with Crippen LogP contribution >= 0.6 is 23.4 Å². The quantitative estimate of drug-likeness (QED) is 0.893. The van der Waals surface area contributed by atoms with E-state index >= 15 is 0 Å². The van der Waals surface area contributed by atoms with E-state index in [1.54, 1.807) is 19.2 Å². The van der Waals surface area contributed by atoms with Gasteiger partial charge >= 0.3 is 0 Å². The van der Waals surface area contributed by atoms with E-state index in [0.717, 1.165) is 18.0 Å². The van der Waals surface area contributed by atoms with Gasteiger partial charge in [0, 0.05) is 24.3 Å². The molecule has 3 nitrogen and oxygen atoms in total. The normalized spacial score (nSPS) is 18.7. The van der Waals surface area contributed by atoms with Crippen molar-refractivity contribution in [1.29, 1.82) is 0 Å². The third-order valence-electron chi connectivity index (χ3n) is 3.07. The number of thioether (sulfide) groups is 1. The first-order chi connectivity index (χ1) is 8.70. The summed E-state index contributed by atoms with van der Waals surface area (Å²) < 4.78 is 0. The molecule has 1 unspecified atom stereocenters. The third kappa shape index (κ3) is 3.33. The van der Waals surface area contributed by atoms with Crippen LogP contribution in [-0.2, 0) is 0 Å². The minimum Gasteiger partial charge on any atom is -0.387 e. The maximum atomic E-state index is 12.1. The summed E-state index contributed by atoms with van der Waals surface area (Å²) in [5.41, 5.74) is 1.41. The van der Waals surface area contributed by atoms with E-state index in [1.807, 2.05) is 17.8 Å². The molecule has 1 aromatic carbocycles. The predicted molar refractivity (Wildman–Crippen MR) is 78.8 cm³/mol. The van der Waals surface area contributed by atoms with Gasteiger partial charge in [0.05, 0.1) is 5.56 Å². The highest BCUT2D eigenvalue weighted by atomic mass is 35.5. The molecule has 0 saturated carbocycles. The topological polar surface area (TPSA) is 41.1 Å². The zero-order valence-electron chi connectivity index (χ0n) is 10.3. The molecule has 98 valence electrons. The summed E-state index contributed by atoms with van der Waals surface area (Å²) in [4.78, 5) is 12.1. The van der Waals surface area contributed by atoms with Crippen LogP contribution in [0.25, 0.3) is 0 Å². The number of carbonyl (C=O) groups excluding carboxylic acids is 1. The average molecular weight is 285 g/mol. The second kappa shape index (κ2) is 6.34. The molecule has 1 fully saturated rings. The van der Waals surface area contributed by atoms with Crippen molar-refractivity contribution in [3.63, 3.8) is 0 Å². The molecule has 1 aromatic rings. The molecular weight excluding hydrogens is 268 g/mol. The van der Waals surface area contributed by atoms with Gasteiger partial charge in [0.15, 0.2) is 0 Å². The Morgan fingerprint density at radius 1 is 1.56 bits per heavy atom. The Morgan fingerprint density at radius 2 is 2.39 bits per heavy atom. The summed E-state index contributed by atoms with van der Waals surface area (Å²) >= 11 is 7.89. The molecule has 1 aliphatic rings. The van der Waals surface area contributed by atoms with Crippen molar-refractivity contribution in [1.82, 2.24) is 5.32 Å². The van der Waals surface area contributed by atoms with Crippen molar-refractivity contribution in [2.75, 3.05) is 30.4 Å². The zero-order chi connectivity index (χ0) is 13.0. The first-order valence-corrected chi connectivity index (χ1v) is 7.57. The lowest BCUT2D eigenvalue weighted by Gasteiger charge is -2.12. The van der Waals surface area contributed by atoms with Crippen LogP contribution < -0.4 is 10.6 Å². The lowest BCUT2D eigenvalue weighted by atomic mass is 10.1. The summed E-state index contributed by atoms with van der Waals surface area (Å²) in [5, 5.41) is 6.58. The molecule has 2 rings (SSSR count). The molecule has 2 N–H and O–H groups in total. The Hall–Kier alpha value is -0.870. The van der Waals surface area contributed by atoms with E-state index in [0.29, 0.717) is 16.5 Å². The second-order valence-corrected chi connectivity index (χ2v) is 5.97. The van der Waals surface area contributed by atoms with Crippen LogP contribution in [0, 0.1) is 5.92 Å². The Balaban J connectivity index is 2.00. The lowest BCUT2D eigenvalue weighted by Crippen LogP contribution is -2.29. The molecule has 1 amide bonds. The second-order valence-electron chi connectivity index (χ2n) is 4.38. The number of anilines is 1. The van der Waals surface area contributed by atoms with Crippen LogP contribution in [0.4, 0.5) is 5.69 Å². The summed E-state index contributed by atoms with van der Waals surface area (Å²) in [7, 11) is 1.80. The van der Waals surface area contributed by atoms with E-state index in [4.69, 9.17) is 11.6 Å². The summed E-state index contributed by atoms with van der Waals surface area (Å²) in [6.45, 7) is 0.751. The number of rotatable bonds is 4. The summed E-state index contributed by atoms with van der Waals surface area (Å²) in [5.74, 6) is 2.91. The van der Waals surface area contributed by atoms with Crippen molar-refractivity contribution < 1.29 is 4.79 Å². The van der Waals surface area contributed by atoms with E-state index < -0.39 is 0 Å². The van der Waals surface area contributed by atoms with Crippen LogP contribution in [0.2, 0.25) is 5.02 Å². The number of benzene rings is 1. The third-order valence-corrected chi connectivity index (χ3v) is 4.54. The van der Waals surface area contributed by atoms with E-state index in [2.05, 4.69) is 10.6 Å². The molecule has 0 bridgehead atoms. The number of halogens is 1. The van der Waals surface area contributed by atoms with Gasteiger partial charge in [-0.1, -0.05) is 11.6 Å². The predicted octanol–water partition coefficient (Wildman–Crippen LogP) is 2.86. The highest BCUT2D eigenvalue weighted by Gasteiger charge is 2.17. The minimum absolute atomic E-state index is 0.0567. The molecule has 1 saturated heterocycles. The van der Waals surface area contributed by atoms with E-state index in [9.17, 15) is 4.79 Å². The molecule has 0 spiro atoms. The van der Waals surface area contributed by atoms with Crippen molar-refractivity contribution in [2.24, 2.45) is 5.92 Å². The van der Waals surface area contributed by atoms with Crippen LogP contribution in [0.15, 0.2) is 18.2 Å². The van der Waals surface area contributed by atoms with Gasteiger partial charge in [0.1, 0.15) is 0 Å². The van der Waals surface area contributed by atoms with E-state index in [-0.39, 0.29) is 5.91 Å². The molecule has 1 atom stereocenters. The Labute approximate surface area is 117 Å². The smallest absolute Gasteiger partial charge is 0.253 e. The van der Waals surface area contributed by atoms with Crippen LogP contribution in [0.5, 0.6) is 0 Å². The number of hydrogen-bond acceptors (Lipinski definition) is 3. The number of nitrogens with one attached hydrogen (secondary N) is 2. The number of amides is 1. The van der Waals surface area contributed by atoms with Gasteiger partial charge in [-0.2, -0.15) is 11.8 Å². The first-order valence-electron chi connectivity index (χ1n) is 6.04. The maximum absolute atomic E-state index is 12.1. The lowest BCUT2D eigenvalue weighted by molar-refractivity contribution is 0.0949. The van der Waals surface area contributed by atoms with Gasteiger partial charge in [-0.15, -0.1) is 0 Å². The molecule has 18 heavy (non-hydrogen) atoms. The maximum Gasteiger partial charge on any atom is 0.253 e. The molecule has 0 radical (unpaired) electrons. The number of carbonyl (C=O) groups is 1. The van der Waals surface area contributed by atoms with Gasteiger partial charge in [0.25, 0.3) is 5.91 Å². The molecule has 5 heteroatoms. The van der Waals surface area contributed by atoms with Gasteiger partial charge in [0.2, 0.25) is 0 Å². The molecule has 0 aromatic heterocycles. The van der Waals surface area contributed by atoms with Crippen molar-refractivity contribution >= 4 is 35.0 Å². The highest BCUT2D eigenvalue weighted by Crippen LogP contribution is 2.23. The Kier molecular flexibility index (Phi) is 4.78. The molecular formula is C13H17ClN2OS.